The lowest BCUT2D eigenvalue weighted by Crippen LogP contribution is -2.25. The molecule has 0 heterocycles. The van der Waals surface area contributed by atoms with Crippen molar-refractivity contribution in [3.8, 4) is 0 Å². The molecule has 0 radical (unpaired) electrons. The second-order valence-electron chi connectivity index (χ2n) is 7.14. The van der Waals surface area contributed by atoms with Gasteiger partial charge in [-0.2, -0.15) is 8.42 Å². The summed E-state index contributed by atoms with van der Waals surface area (Å²) in [5, 5.41) is 11.1. The number of carbonyl (C=O) groups excluding carboxylic acids is 1. The number of amides is 1. The summed E-state index contributed by atoms with van der Waals surface area (Å²) < 4.78 is 50.3. The molecule has 2 N–H and O–H groups in total. The predicted octanol–water partition coefficient (Wildman–Crippen LogP) is 1.14. The van der Waals surface area contributed by atoms with E-state index in [2.05, 4.69) is 5.32 Å². The van der Waals surface area contributed by atoms with Crippen LogP contribution in [0.1, 0.15) is 24.8 Å². The summed E-state index contributed by atoms with van der Waals surface area (Å²) >= 11 is 0. The summed E-state index contributed by atoms with van der Waals surface area (Å²) in [6.45, 7) is 5.12. The number of rotatable bonds is 21. The van der Waals surface area contributed by atoms with E-state index in [0.717, 1.165) is 5.56 Å². The van der Waals surface area contributed by atoms with Crippen LogP contribution in [0.5, 0.6) is 0 Å². The average Bonchev–Trinajstić information content (AvgIpc) is 2.80. The van der Waals surface area contributed by atoms with E-state index in [4.69, 9.17) is 28.2 Å². The Morgan fingerprint density at radius 2 is 1.29 bits per heavy atom. The van der Waals surface area contributed by atoms with Gasteiger partial charge in [0.05, 0.1) is 64.2 Å². The lowest BCUT2D eigenvalue weighted by atomic mass is 10.2. The number of hydrogen-bond acceptors (Lipinski definition) is 9. The average molecular weight is 506 g/mol. The van der Waals surface area contributed by atoms with Crippen molar-refractivity contribution in [3.05, 3.63) is 29.8 Å². The van der Waals surface area contributed by atoms with Crippen molar-refractivity contribution in [2.45, 2.75) is 31.1 Å². The van der Waals surface area contributed by atoms with Crippen molar-refractivity contribution < 1.29 is 46.2 Å². The van der Waals surface area contributed by atoms with Crippen LogP contribution in [0.25, 0.3) is 0 Å². The first kappa shape index (κ1) is 29.9. The summed E-state index contributed by atoms with van der Waals surface area (Å²) in [4.78, 5) is 21.8. The van der Waals surface area contributed by atoms with Crippen molar-refractivity contribution in [3.63, 3.8) is 0 Å². The molecule has 0 fully saturated rings. The monoisotopic (exact) mass is 505 g/mol. The first-order valence-corrected chi connectivity index (χ1v) is 12.5. The number of aryl methyl sites for hydroxylation is 1. The molecule has 0 spiro atoms. The molecule has 1 amide bonds. The van der Waals surface area contributed by atoms with Crippen LogP contribution >= 0.6 is 0 Å². The Kier molecular flexibility index (Phi) is 16.1. The van der Waals surface area contributed by atoms with E-state index in [1.807, 2.05) is 6.92 Å². The van der Waals surface area contributed by atoms with E-state index in [1.165, 1.54) is 12.1 Å². The zero-order valence-electron chi connectivity index (χ0n) is 19.5. The Morgan fingerprint density at radius 3 is 1.82 bits per heavy atom. The number of aliphatic carboxylic acids is 1. The highest BCUT2D eigenvalue weighted by molar-refractivity contribution is 7.86. The second-order valence-corrected chi connectivity index (χ2v) is 8.75. The Labute approximate surface area is 200 Å². The van der Waals surface area contributed by atoms with Gasteiger partial charge in [0, 0.05) is 19.6 Å². The van der Waals surface area contributed by atoms with Crippen LogP contribution in [0.3, 0.4) is 0 Å². The van der Waals surface area contributed by atoms with Gasteiger partial charge in [-0.15, -0.1) is 0 Å². The van der Waals surface area contributed by atoms with E-state index in [0.29, 0.717) is 59.2 Å². The Hall–Kier alpha value is -2.09. The quantitative estimate of drug-likeness (QED) is 0.184. The number of carboxylic acids is 1. The van der Waals surface area contributed by atoms with Crippen LogP contribution < -0.4 is 5.32 Å². The second kappa shape index (κ2) is 18.3. The summed E-state index contributed by atoms with van der Waals surface area (Å²) in [5.74, 6) is -1.28. The molecule has 1 aromatic rings. The molecule has 194 valence electrons. The van der Waals surface area contributed by atoms with Gasteiger partial charge in [-0.05, 0) is 25.5 Å². The standard InChI is InChI=1S/C22H35NO10S/c1-19-3-5-20(6-4-19)34(27,28)33-18-17-32-16-15-31-14-13-30-12-11-29-10-2-9-23-21(24)7-8-22(25)26/h3-6H,2,7-18H2,1H3,(H,23,24)(H,25,26). The van der Waals surface area contributed by atoms with Gasteiger partial charge < -0.3 is 29.4 Å². The van der Waals surface area contributed by atoms with Gasteiger partial charge >= 0.3 is 5.97 Å². The number of ether oxygens (including phenoxy) is 4. The number of nitrogens with one attached hydrogen (secondary N) is 1. The number of carbonyl (C=O) groups is 2. The van der Waals surface area contributed by atoms with Gasteiger partial charge in [0.25, 0.3) is 10.1 Å². The fraction of sp³-hybridized carbons (Fsp3) is 0.636. The first-order chi connectivity index (χ1) is 16.3. The van der Waals surface area contributed by atoms with Gasteiger partial charge in [0.15, 0.2) is 0 Å². The maximum absolute atomic E-state index is 12.0. The smallest absolute Gasteiger partial charge is 0.303 e. The molecule has 0 saturated carbocycles. The van der Waals surface area contributed by atoms with Crippen molar-refractivity contribution in [2.75, 3.05) is 66.0 Å². The van der Waals surface area contributed by atoms with Gasteiger partial charge in [0.2, 0.25) is 5.91 Å². The van der Waals surface area contributed by atoms with Gasteiger partial charge in [-0.3, -0.25) is 13.8 Å². The highest BCUT2D eigenvalue weighted by Crippen LogP contribution is 2.12. The highest BCUT2D eigenvalue weighted by atomic mass is 32.2. The molecule has 0 aliphatic carbocycles. The zero-order chi connectivity index (χ0) is 25.1. The SMILES string of the molecule is Cc1ccc(S(=O)(=O)OCCOCCOCCOCCOCCCNC(=O)CCC(=O)O)cc1. The number of carboxylic acid groups (broad SMARTS) is 1. The Morgan fingerprint density at radius 1 is 0.794 bits per heavy atom. The molecule has 1 aromatic carbocycles. The maximum atomic E-state index is 12.0. The normalized spacial score (nSPS) is 11.4. The van der Waals surface area contributed by atoms with Crippen LogP contribution in [0, 0.1) is 6.92 Å². The minimum atomic E-state index is -3.78. The molecule has 0 aliphatic rings. The Balaban J connectivity index is 1.83. The Bertz CT molecular complexity index is 798. The van der Waals surface area contributed by atoms with E-state index in [-0.39, 0.29) is 36.9 Å². The molecule has 1 rings (SSSR count). The van der Waals surface area contributed by atoms with Gasteiger partial charge in [0.1, 0.15) is 0 Å². The molecule has 0 atom stereocenters. The topological polar surface area (TPSA) is 147 Å². The fourth-order valence-electron chi connectivity index (χ4n) is 2.45. The van der Waals surface area contributed by atoms with Crippen molar-refractivity contribution in [2.24, 2.45) is 0 Å². The molecular formula is C22H35NO10S. The largest absolute Gasteiger partial charge is 0.481 e. The van der Waals surface area contributed by atoms with Crippen molar-refractivity contribution in [1.29, 1.82) is 0 Å². The molecule has 0 saturated heterocycles. The van der Waals surface area contributed by atoms with Crippen LogP contribution in [0.15, 0.2) is 29.2 Å². The lowest BCUT2D eigenvalue weighted by molar-refractivity contribution is -0.138. The van der Waals surface area contributed by atoms with Gasteiger partial charge in [-0.25, -0.2) is 0 Å². The van der Waals surface area contributed by atoms with Crippen molar-refractivity contribution >= 4 is 22.0 Å². The molecule has 0 bridgehead atoms. The summed E-state index contributed by atoms with van der Waals surface area (Å²) in [6.07, 6.45) is 0.434. The van der Waals surface area contributed by atoms with E-state index < -0.39 is 16.1 Å². The molecule has 0 aliphatic heterocycles. The molecule has 0 aromatic heterocycles. The highest BCUT2D eigenvalue weighted by Gasteiger charge is 2.14. The third-order valence-corrected chi connectivity index (χ3v) is 5.57. The van der Waals surface area contributed by atoms with Crippen LogP contribution in [-0.4, -0.2) is 91.4 Å². The summed E-state index contributed by atoms with van der Waals surface area (Å²) in [5.41, 5.74) is 0.966. The van der Waals surface area contributed by atoms with Crippen molar-refractivity contribution in [1.82, 2.24) is 5.32 Å². The van der Waals surface area contributed by atoms with E-state index >= 15 is 0 Å². The number of benzene rings is 1. The van der Waals surface area contributed by atoms with Crippen LogP contribution in [-0.2, 0) is 42.8 Å². The lowest BCUT2D eigenvalue weighted by Gasteiger charge is -2.08. The zero-order valence-corrected chi connectivity index (χ0v) is 20.3. The molecular weight excluding hydrogens is 470 g/mol. The van der Waals surface area contributed by atoms with E-state index in [9.17, 15) is 18.0 Å². The van der Waals surface area contributed by atoms with Crippen LogP contribution in [0.4, 0.5) is 0 Å². The molecule has 11 nitrogen and oxygen atoms in total. The van der Waals surface area contributed by atoms with Crippen LogP contribution in [0.2, 0.25) is 0 Å². The molecule has 0 unspecified atom stereocenters. The van der Waals surface area contributed by atoms with Gasteiger partial charge in [-0.1, -0.05) is 17.7 Å². The third kappa shape index (κ3) is 15.7. The van der Waals surface area contributed by atoms with E-state index in [1.54, 1.807) is 12.1 Å². The summed E-state index contributed by atoms with van der Waals surface area (Å²) in [6, 6.07) is 6.42. The minimum absolute atomic E-state index is 0.0223. The fourth-order valence-corrected chi connectivity index (χ4v) is 3.34. The summed E-state index contributed by atoms with van der Waals surface area (Å²) in [7, 11) is -3.78. The maximum Gasteiger partial charge on any atom is 0.303 e. The molecule has 12 heteroatoms. The molecule has 34 heavy (non-hydrogen) atoms. The minimum Gasteiger partial charge on any atom is -0.481 e. The third-order valence-electron chi connectivity index (χ3n) is 4.25. The predicted molar refractivity (Wildman–Crippen MR) is 122 cm³/mol. The first-order valence-electron chi connectivity index (χ1n) is 11.1. The number of hydrogen-bond donors (Lipinski definition) is 2.